The second kappa shape index (κ2) is 24.0. The van der Waals surface area contributed by atoms with E-state index in [4.69, 9.17) is 41.9 Å². The van der Waals surface area contributed by atoms with Gasteiger partial charge >= 0.3 is 24.1 Å². The second-order valence-electron chi connectivity index (χ2n) is 15.4. The molecule has 0 aromatic heterocycles. The number of aliphatic carboxylic acids is 2. The van der Waals surface area contributed by atoms with Crippen molar-refractivity contribution >= 4 is 57.7 Å². The number of ether oxygens (including phenoxy) is 4. The average Bonchev–Trinajstić information content (AvgIpc) is 3.28. The van der Waals surface area contributed by atoms with Gasteiger partial charge in [-0.15, -0.1) is 0 Å². The fourth-order valence-electron chi connectivity index (χ4n) is 7.19. The first kappa shape index (κ1) is 54.1. The number of nitrogens with one attached hydrogen (secondary N) is 4. The molecule has 0 bridgehead atoms. The molecule has 3 aliphatic rings. The van der Waals surface area contributed by atoms with Gasteiger partial charge in [-0.3, -0.25) is 9.59 Å². The molecule has 28 nitrogen and oxygen atoms in total. The molecular weight excluding hydrogens is 941 g/mol. The number of carboxylic acid groups (broad SMARTS) is 2. The quantitative estimate of drug-likeness (QED) is 0.0430. The number of aliphatic imine (C=N–C) groups is 2. The van der Waals surface area contributed by atoms with E-state index >= 15 is 0 Å². The molecule has 0 fully saturated rings. The van der Waals surface area contributed by atoms with Gasteiger partial charge in [-0.05, 0) is 41.8 Å². The molecular formula is C40H54N10O18S. The molecule has 1 aliphatic carbocycles. The zero-order valence-electron chi connectivity index (χ0n) is 36.8. The Morgan fingerprint density at radius 1 is 0.739 bits per heavy atom. The number of amides is 4. The van der Waals surface area contributed by atoms with E-state index in [1.165, 1.54) is 42.5 Å². The van der Waals surface area contributed by atoms with Crippen LogP contribution in [0.4, 0.5) is 9.59 Å². The number of carboxylic acids is 2. The van der Waals surface area contributed by atoms with Gasteiger partial charge in [0.2, 0.25) is 23.3 Å². The molecule has 1 aromatic rings. The minimum atomic E-state index is -4.01. The standard InChI is InChI=1S/C40H54N10O18S/c1-17(53)47-29-23(49-37(41)42)11-27(35(57)58)65-33(29)31(25(55)15-51)67-39(61)45-13-19-3-7-21(8-4-19)69(63,64)22-9-5-20(6-10-22)14-46-40(62)68-32(26(56)16-52)34-30(48-18(2)54)24(50-38(43)44)12-28(66-34)36(59)60/h3-9,11-12,22-26,29-34,51-52,55-56H,10,13-16H2,1-2H3,(H,45,61)(H,46,62)(H,47,53)(H,48,54)(H,57,58)(H,59,60)(H4,41,42,49)(H4,43,44,50)/t22?,23-,24-,25+,26+,29+,30+,31+,32+,33+,34+/m0/s1. The Labute approximate surface area is 392 Å². The maximum atomic E-state index is 13.6. The minimum absolute atomic E-state index is 0.0402. The fraction of sp³-hybridized carbons (Fsp3) is 0.450. The molecule has 0 saturated heterocycles. The highest BCUT2D eigenvalue weighted by Gasteiger charge is 2.48. The predicted molar refractivity (Wildman–Crippen MR) is 236 cm³/mol. The number of benzene rings is 1. The Bertz CT molecular complexity index is 2380. The number of allylic oxidation sites excluding steroid dienone is 1. The van der Waals surface area contributed by atoms with Crippen LogP contribution in [-0.2, 0) is 54.5 Å². The zero-order valence-corrected chi connectivity index (χ0v) is 37.6. The van der Waals surface area contributed by atoms with Gasteiger partial charge in [0.1, 0.15) is 12.2 Å². The summed E-state index contributed by atoms with van der Waals surface area (Å²) in [6.07, 6.45) is -6.73. The Morgan fingerprint density at radius 2 is 1.17 bits per heavy atom. The smallest absolute Gasteiger partial charge is 0.407 e. The van der Waals surface area contributed by atoms with Gasteiger partial charge in [-0.25, -0.2) is 37.6 Å². The summed E-state index contributed by atoms with van der Waals surface area (Å²) >= 11 is 0. The largest absolute Gasteiger partial charge is 0.477 e. The lowest BCUT2D eigenvalue weighted by Gasteiger charge is -2.39. The Morgan fingerprint density at radius 3 is 1.54 bits per heavy atom. The third-order valence-corrected chi connectivity index (χ3v) is 12.4. The van der Waals surface area contributed by atoms with Gasteiger partial charge in [0.15, 0.2) is 46.2 Å². The summed E-state index contributed by atoms with van der Waals surface area (Å²) in [7, 11) is -4.01. The Hall–Kier alpha value is -7.47. The lowest BCUT2D eigenvalue weighted by molar-refractivity contribution is -0.147. The lowest BCUT2D eigenvalue weighted by atomic mass is 9.92. The maximum Gasteiger partial charge on any atom is 0.407 e. The van der Waals surface area contributed by atoms with Crippen LogP contribution in [-0.4, -0.2) is 173 Å². The van der Waals surface area contributed by atoms with Crippen molar-refractivity contribution in [1.82, 2.24) is 21.3 Å². The normalized spacial score (nSPS) is 23.7. The summed E-state index contributed by atoms with van der Waals surface area (Å²) in [6.45, 7) is -0.248. The molecule has 11 atom stereocenters. The number of rotatable bonds is 20. The second-order valence-corrected chi connectivity index (χ2v) is 17.6. The number of aliphatic hydroxyl groups is 4. The van der Waals surface area contributed by atoms with Gasteiger partial charge in [0.05, 0.1) is 47.5 Å². The van der Waals surface area contributed by atoms with E-state index < -0.39 is 148 Å². The summed E-state index contributed by atoms with van der Waals surface area (Å²) < 4.78 is 49.0. The minimum Gasteiger partial charge on any atom is -0.477 e. The van der Waals surface area contributed by atoms with Crippen LogP contribution in [0.25, 0.3) is 0 Å². The van der Waals surface area contributed by atoms with E-state index in [1.807, 2.05) is 0 Å². The number of sulfone groups is 1. The molecule has 378 valence electrons. The van der Waals surface area contributed by atoms with Crippen molar-refractivity contribution in [3.63, 3.8) is 0 Å². The third-order valence-electron chi connectivity index (χ3n) is 10.3. The molecule has 0 spiro atoms. The van der Waals surface area contributed by atoms with Gasteiger partial charge in [0.25, 0.3) is 0 Å². The number of nitrogens with two attached hydrogens (primary N) is 4. The molecule has 2 heterocycles. The highest BCUT2D eigenvalue weighted by atomic mass is 32.2. The van der Waals surface area contributed by atoms with E-state index in [0.717, 1.165) is 26.0 Å². The van der Waals surface area contributed by atoms with Crippen LogP contribution in [0.5, 0.6) is 0 Å². The van der Waals surface area contributed by atoms with Crippen LogP contribution >= 0.6 is 0 Å². The zero-order chi connectivity index (χ0) is 51.3. The molecule has 69 heavy (non-hydrogen) atoms. The number of nitrogens with zero attached hydrogens (tertiary/aromatic N) is 2. The Balaban J connectivity index is 1.38. The first-order valence-corrected chi connectivity index (χ1v) is 22.1. The highest BCUT2D eigenvalue weighted by molar-refractivity contribution is 7.92. The van der Waals surface area contributed by atoms with Gasteiger partial charge in [0, 0.05) is 26.9 Å². The number of carbonyl (C=O) groups excluding carboxylic acids is 4. The summed E-state index contributed by atoms with van der Waals surface area (Å²) in [5.41, 5.74) is 22.8. The molecule has 2 aliphatic heterocycles. The van der Waals surface area contributed by atoms with Gasteiger partial charge < -0.3 is 93.8 Å². The monoisotopic (exact) mass is 994 g/mol. The van der Waals surface area contributed by atoms with Crippen molar-refractivity contribution < 1.29 is 86.8 Å². The van der Waals surface area contributed by atoms with Crippen molar-refractivity contribution in [3.05, 3.63) is 77.3 Å². The summed E-state index contributed by atoms with van der Waals surface area (Å²) in [5, 5.41) is 68.9. The van der Waals surface area contributed by atoms with Crippen LogP contribution in [0.15, 0.2) is 86.6 Å². The summed E-state index contributed by atoms with van der Waals surface area (Å²) in [4.78, 5) is 81.8. The van der Waals surface area contributed by atoms with E-state index in [9.17, 15) is 67.8 Å². The third kappa shape index (κ3) is 14.8. The van der Waals surface area contributed by atoms with Crippen molar-refractivity contribution in [1.29, 1.82) is 0 Å². The van der Waals surface area contributed by atoms with Crippen LogP contribution in [0.2, 0.25) is 0 Å². The number of alkyl carbamates (subject to hydrolysis) is 2. The predicted octanol–water partition coefficient (Wildman–Crippen LogP) is -4.86. The summed E-state index contributed by atoms with van der Waals surface area (Å²) in [5.74, 6) is -6.88. The van der Waals surface area contributed by atoms with E-state index in [2.05, 4.69) is 31.3 Å². The topological polar surface area (TPSA) is 472 Å². The number of carbonyl (C=O) groups is 6. The SMILES string of the molecule is CC(=O)N[C@H]1[C@H]([C@H](OC(=O)NCC2=CCC(S(=O)(=O)c3ccc(CNC(=O)O[C@@H]([C@@H]4OC(C(=O)O)=C[C@H](N=C(N)N)[C@H]4NC(C)=O)[C@H](O)CO)cc3)C=C2)[C@H](O)CO)OC(C(=O)O)=C[C@@H]1N=C(N)N. The van der Waals surface area contributed by atoms with Crippen LogP contribution in [0, 0.1) is 0 Å². The van der Waals surface area contributed by atoms with Crippen LogP contribution < -0.4 is 44.2 Å². The molecule has 18 N–H and O–H groups in total. The molecule has 4 rings (SSSR count). The van der Waals surface area contributed by atoms with E-state index in [0.29, 0.717) is 11.1 Å². The van der Waals surface area contributed by atoms with Gasteiger partial charge in [-0.1, -0.05) is 30.4 Å². The number of hydrogen-bond donors (Lipinski definition) is 14. The average molecular weight is 995 g/mol. The van der Waals surface area contributed by atoms with Gasteiger partial charge in [-0.2, -0.15) is 0 Å². The number of hydrogen-bond acceptors (Lipinski definition) is 18. The van der Waals surface area contributed by atoms with Crippen molar-refractivity contribution in [2.24, 2.45) is 32.9 Å². The Kier molecular flexibility index (Phi) is 18.8. The van der Waals surface area contributed by atoms with Crippen molar-refractivity contribution in [2.45, 2.75) is 97.7 Å². The fourth-order valence-corrected chi connectivity index (χ4v) is 8.69. The lowest BCUT2D eigenvalue weighted by Crippen LogP contribution is -2.61. The molecule has 1 aromatic carbocycles. The molecule has 0 radical (unpaired) electrons. The van der Waals surface area contributed by atoms with E-state index in [1.54, 1.807) is 0 Å². The first-order chi connectivity index (χ1) is 32.4. The number of guanidine groups is 2. The molecule has 0 saturated carbocycles. The first-order valence-electron chi connectivity index (χ1n) is 20.6. The van der Waals surface area contributed by atoms with Crippen LogP contribution in [0.3, 0.4) is 0 Å². The van der Waals surface area contributed by atoms with E-state index in [-0.39, 0.29) is 24.4 Å². The maximum absolute atomic E-state index is 13.6. The summed E-state index contributed by atoms with van der Waals surface area (Å²) in [6, 6.07) is 0.209. The molecule has 29 heteroatoms. The molecule has 4 amide bonds. The highest BCUT2D eigenvalue weighted by Crippen LogP contribution is 2.29. The van der Waals surface area contributed by atoms with Crippen molar-refractivity contribution in [3.8, 4) is 0 Å². The number of aliphatic hydroxyl groups excluding tert-OH is 4. The molecule has 1 unspecified atom stereocenters. The van der Waals surface area contributed by atoms with Crippen molar-refractivity contribution in [2.75, 3.05) is 19.8 Å². The van der Waals surface area contributed by atoms with Crippen LogP contribution in [0.1, 0.15) is 25.8 Å².